The Labute approximate surface area is 132 Å². The molecule has 23 heavy (non-hydrogen) atoms. The Morgan fingerprint density at radius 3 is 2.87 bits per heavy atom. The Morgan fingerprint density at radius 2 is 1.96 bits per heavy atom. The normalized spacial score (nSPS) is 10.8. The van der Waals surface area contributed by atoms with E-state index in [2.05, 4.69) is 15.5 Å². The van der Waals surface area contributed by atoms with Crippen LogP contribution in [0, 0.1) is 0 Å². The molecule has 0 atom stereocenters. The highest BCUT2D eigenvalue weighted by molar-refractivity contribution is 5.81. The van der Waals surface area contributed by atoms with Gasteiger partial charge in [-0.25, -0.2) is 0 Å². The van der Waals surface area contributed by atoms with E-state index >= 15 is 0 Å². The number of fused-ring (bicyclic) bond motifs is 1. The number of hydrogen-bond donors (Lipinski definition) is 2. The first-order valence-corrected chi connectivity index (χ1v) is 7.35. The second-order valence-corrected chi connectivity index (χ2v) is 5.16. The van der Waals surface area contributed by atoms with E-state index in [9.17, 15) is 0 Å². The molecule has 0 saturated carbocycles. The average Bonchev–Trinajstić information content (AvgIpc) is 3.22. The lowest BCUT2D eigenvalue weighted by Crippen LogP contribution is -1.97. The van der Waals surface area contributed by atoms with Gasteiger partial charge in [0.15, 0.2) is 0 Å². The van der Waals surface area contributed by atoms with Crippen LogP contribution in [0.4, 0.5) is 5.69 Å². The number of anilines is 1. The van der Waals surface area contributed by atoms with Crippen LogP contribution >= 0.6 is 0 Å². The largest absolute Gasteiger partial charge is 0.429 e. The summed E-state index contributed by atoms with van der Waals surface area (Å²) in [4.78, 5) is 0. The fourth-order valence-corrected chi connectivity index (χ4v) is 2.35. The van der Waals surface area contributed by atoms with Gasteiger partial charge in [-0.1, -0.05) is 18.2 Å². The van der Waals surface area contributed by atoms with Crippen molar-refractivity contribution in [2.45, 2.75) is 6.54 Å². The molecule has 0 amide bonds. The van der Waals surface area contributed by atoms with Crippen LogP contribution in [0.15, 0.2) is 71.3 Å². The molecule has 4 aromatic rings. The number of furan rings is 1. The maximum Gasteiger partial charge on any atom is 0.290 e. The van der Waals surface area contributed by atoms with Crippen LogP contribution in [0.1, 0.15) is 5.76 Å². The first-order valence-electron chi connectivity index (χ1n) is 7.35. The zero-order valence-corrected chi connectivity index (χ0v) is 12.3. The Hall–Kier alpha value is -3.21. The summed E-state index contributed by atoms with van der Waals surface area (Å²) in [5.74, 6) is 2.05. The van der Waals surface area contributed by atoms with Gasteiger partial charge in [0, 0.05) is 17.1 Å². The minimum absolute atomic E-state index is 0.485. The van der Waals surface area contributed by atoms with Gasteiger partial charge in [0.2, 0.25) is 0 Å². The van der Waals surface area contributed by atoms with Gasteiger partial charge in [0.1, 0.15) is 11.5 Å². The van der Waals surface area contributed by atoms with Crippen molar-refractivity contribution < 1.29 is 9.15 Å². The molecule has 0 saturated heterocycles. The lowest BCUT2D eigenvalue weighted by atomic mass is 10.2. The van der Waals surface area contributed by atoms with Crippen molar-refractivity contribution in [2.24, 2.45) is 0 Å². The minimum Gasteiger partial charge on any atom is -0.429 e. The number of nitrogens with zero attached hydrogens (tertiary/aromatic N) is 1. The third-order valence-corrected chi connectivity index (χ3v) is 3.51. The van der Waals surface area contributed by atoms with Crippen molar-refractivity contribution in [1.82, 2.24) is 10.2 Å². The maximum atomic E-state index is 5.68. The van der Waals surface area contributed by atoms with Crippen LogP contribution in [0.2, 0.25) is 0 Å². The molecule has 0 spiro atoms. The topological polar surface area (TPSA) is 63.1 Å². The summed E-state index contributed by atoms with van der Waals surface area (Å²) >= 11 is 0. The second kappa shape index (κ2) is 5.88. The Kier molecular flexibility index (Phi) is 3.44. The van der Waals surface area contributed by atoms with E-state index in [-0.39, 0.29) is 0 Å². The van der Waals surface area contributed by atoms with Crippen LogP contribution in [0.3, 0.4) is 0 Å². The van der Waals surface area contributed by atoms with E-state index in [4.69, 9.17) is 9.15 Å². The van der Waals surface area contributed by atoms with Crippen molar-refractivity contribution in [3.8, 4) is 11.7 Å². The highest BCUT2D eigenvalue weighted by Crippen LogP contribution is 2.24. The molecular formula is C18H15N3O2. The fraction of sp³-hybridized carbons (Fsp3) is 0.0556. The zero-order chi connectivity index (χ0) is 15.5. The minimum atomic E-state index is 0.485. The summed E-state index contributed by atoms with van der Waals surface area (Å²) in [6.07, 6.45) is 1.80. The van der Waals surface area contributed by atoms with Gasteiger partial charge in [-0.05, 0) is 36.4 Å². The number of aromatic amines is 1. The number of aromatic nitrogens is 2. The third-order valence-electron chi connectivity index (χ3n) is 3.51. The van der Waals surface area contributed by atoms with E-state index in [0.29, 0.717) is 12.5 Å². The van der Waals surface area contributed by atoms with Crippen molar-refractivity contribution in [2.75, 3.05) is 5.32 Å². The Balaban J connectivity index is 1.41. The molecule has 4 rings (SSSR count). The summed E-state index contributed by atoms with van der Waals surface area (Å²) in [5.41, 5.74) is 2.04. The summed E-state index contributed by atoms with van der Waals surface area (Å²) in [6.45, 7) is 0.585. The van der Waals surface area contributed by atoms with Crippen molar-refractivity contribution in [3.63, 3.8) is 0 Å². The smallest absolute Gasteiger partial charge is 0.290 e. The molecule has 0 unspecified atom stereocenters. The highest BCUT2D eigenvalue weighted by Gasteiger charge is 2.05. The van der Waals surface area contributed by atoms with E-state index in [1.807, 2.05) is 60.7 Å². The van der Waals surface area contributed by atoms with Gasteiger partial charge < -0.3 is 14.5 Å². The number of rotatable bonds is 5. The Bertz CT molecular complexity index is 912. The van der Waals surface area contributed by atoms with Gasteiger partial charge in [-0.2, -0.15) is 5.10 Å². The van der Waals surface area contributed by atoms with Crippen LogP contribution in [0.25, 0.3) is 10.9 Å². The van der Waals surface area contributed by atoms with E-state index in [1.165, 1.54) is 0 Å². The Morgan fingerprint density at radius 1 is 1.04 bits per heavy atom. The SMILES string of the molecule is c1ccc(Oc2ccc(CNc3ccc4[nH]ncc4c3)o2)cc1. The standard InChI is InChI=1S/C18H15N3O2/c1-2-4-15(5-3-1)22-18-9-7-16(23-18)12-19-14-6-8-17-13(10-14)11-20-21-17/h1-11,19H,12H2,(H,20,21). The number of H-pyrrole nitrogens is 1. The van der Waals surface area contributed by atoms with Crippen molar-refractivity contribution >= 4 is 16.6 Å². The second-order valence-electron chi connectivity index (χ2n) is 5.16. The van der Waals surface area contributed by atoms with E-state index in [0.717, 1.165) is 28.1 Å². The fourth-order valence-electron chi connectivity index (χ4n) is 2.35. The first kappa shape index (κ1) is 13.5. The van der Waals surface area contributed by atoms with Crippen LogP contribution in [-0.4, -0.2) is 10.2 Å². The highest BCUT2D eigenvalue weighted by atomic mass is 16.6. The van der Waals surface area contributed by atoms with Crippen molar-refractivity contribution in [3.05, 3.63) is 72.6 Å². The number of para-hydroxylation sites is 1. The molecule has 114 valence electrons. The van der Waals surface area contributed by atoms with Crippen LogP contribution in [0.5, 0.6) is 11.7 Å². The molecule has 2 aromatic heterocycles. The first-order chi connectivity index (χ1) is 11.4. The predicted octanol–water partition coefficient (Wildman–Crippen LogP) is 4.56. The molecule has 5 nitrogen and oxygen atoms in total. The van der Waals surface area contributed by atoms with E-state index in [1.54, 1.807) is 6.20 Å². The molecule has 0 radical (unpaired) electrons. The summed E-state index contributed by atoms with van der Waals surface area (Å²) in [5, 5.41) is 11.4. The number of ether oxygens (including phenoxy) is 1. The maximum absolute atomic E-state index is 5.68. The lowest BCUT2D eigenvalue weighted by molar-refractivity contribution is 0.334. The molecule has 2 N–H and O–H groups in total. The molecule has 0 aliphatic carbocycles. The van der Waals surface area contributed by atoms with Gasteiger partial charge in [-0.15, -0.1) is 0 Å². The number of nitrogens with one attached hydrogen (secondary N) is 2. The number of benzene rings is 2. The summed E-state index contributed by atoms with van der Waals surface area (Å²) in [6, 6.07) is 19.3. The zero-order valence-electron chi connectivity index (χ0n) is 12.3. The molecule has 2 heterocycles. The number of hydrogen-bond acceptors (Lipinski definition) is 4. The molecule has 0 aliphatic rings. The summed E-state index contributed by atoms with van der Waals surface area (Å²) in [7, 11) is 0. The summed E-state index contributed by atoms with van der Waals surface area (Å²) < 4.78 is 11.3. The molecule has 0 aliphatic heterocycles. The predicted molar refractivity (Wildman–Crippen MR) is 88.6 cm³/mol. The molecular weight excluding hydrogens is 290 g/mol. The molecule has 2 aromatic carbocycles. The lowest BCUT2D eigenvalue weighted by Gasteiger charge is -2.04. The van der Waals surface area contributed by atoms with Gasteiger partial charge >= 0.3 is 0 Å². The molecule has 0 fully saturated rings. The van der Waals surface area contributed by atoms with Gasteiger partial charge in [0.05, 0.1) is 18.3 Å². The van der Waals surface area contributed by atoms with Crippen molar-refractivity contribution in [1.29, 1.82) is 0 Å². The monoisotopic (exact) mass is 305 g/mol. The van der Waals surface area contributed by atoms with Crippen LogP contribution in [-0.2, 0) is 6.54 Å². The van der Waals surface area contributed by atoms with Gasteiger partial charge in [-0.3, -0.25) is 5.10 Å². The molecule has 5 heteroatoms. The molecule has 0 bridgehead atoms. The van der Waals surface area contributed by atoms with Gasteiger partial charge in [0.25, 0.3) is 5.95 Å². The quantitative estimate of drug-likeness (QED) is 0.567. The third kappa shape index (κ3) is 3.03. The average molecular weight is 305 g/mol. The van der Waals surface area contributed by atoms with E-state index < -0.39 is 0 Å². The van der Waals surface area contributed by atoms with Crippen LogP contribution < -0.4 is 10.1 Å².